The van der Waals surface area contributed by atoms with Gasteiger partial charge in [0, 0.05) is 40.3 Å². The summed E-state index contributed by atoms with van der Waals surface area (Å²) in [5.41, 5.74) is 3.77. The highest BCUT2D eigenvalue weighted by Gasteiger charge is 2.29. The largest absolute Gasteiger partial charge is 0.465 e. The lowest BCUT2D eigenvalue weighted by Gasteiger charge is -2.34. The Morgan fingerprint density at radius 3 is 2.50 bits per heavy atom. The Morgan fingerprint density at radius 1 is 1.05 bits per heavy atom. The molecule has 5 rings (SSSR count). The van der Waals surface area contributed by atoms with Crippen LogP contribution in [-0.4, -0.2) is 37.1 Å². The molecule has 1 unspecified atom stereocenters. The number of aromatic amines is 1. The molecule has 2 N–H and O–H groups in total. The van der Waals surface area contributed by atoms with Crippen LogP contribution in [0.1, 0.15) is 23.2 Å². The first-order chi connectivity index (χ1) is 17.9. The number of nitrogens with one attached hydrogen (secondary N) is 2. The van der Waals surface area contributed by atoms with Gasteiger partial charge in [-0.15, -0.1) is 12.4 Å². The van der Waals surface area contributed by atoms with E-state index in [1.165, 1.54) is 7.11 Å². The zero-order valence-corrected chi connectivity index (χ0v) is 22.3. The van der Waals surface area contributed by atoms with Crippen LogP contribution < -0.4 is 15.8 Å². The Labute approximate surface area is 231 Å². The second-order valence-corrected chi connectivity index (χ2v) is 9.51. The van der Waals surface area contributed by atoms with Gasteiger partial charge in [0.05, 0.1) is 18.6 Å². The van der Waals surface area contributed by atoms with Gasteiger partial charge < -0.3 is 19.9 Å². The smallest absolute Gasteiger partial charge is 0.337 e. The summed E-state index contributed by atoms with van der Waals surface area (Å²) in [7, 11) is 1.32. The van der Waals surface area contributed by atoms with Gasteiger partial charge in [-0.3, -0.25) is 9.59 Å². The van der Waals surface area contributed by atoms with Crippen molar-refractivity contribution in [2.75, 3.05) is 30.4 Å². The van der Waals surface area contributed by atoms with Gasteiger partial charge in [-0.1, -0.05) is 41.9 Å². The van der Waals surface area contributed by atoms with E-state index in [4.69, 9.17) is 16.3 Å². The highest BCUT2D eigenvalue weighted by Crippen LogP contribution is 2.37. The molecule has 196 valence electrons. The van der Waals surface area contributed by atoms with Gasteiger partial charge in [0.2, 0.25) is 5.91 Å². The second-order valence-electron chi connectivity index (χ2n) is 9.08. The number of halogens is 2. The quantitative estimate of drug-likeness (QED) is 0.301. The van der Waals surface area contributed by atoms with Crippen LogP contribution in [0.15, 0.2) is 77.6 Å². The first-order valence-corrected chi connectivity index (χ1v) is 12.5. The molecule has 0 spiro atoms. The van der Waals surface area contributed by atoms with Gasteiger partial charge >= 0.3 is 5.97 Å². The number of amides is 1. The van der Waals surface area contributed by atoms with Crippen molar-refractivity contribution in [1.29, 1.82) is 0 Å². The van der Waals surface area contributed by atoms with Crippen molar-refractivity contribution in [2.45, 2.75) is 12.8 Å². The molecule has 1 aliphatic heterocycles. The van der Waals surface area contributed by atoms with E-state index in [9.17, 15) is 14.4 Å². The van der Waals surface area contributed by atoms with E-state index in [-0.39, 0.29) is 29.8 Å². The third-order valence-electron chi connectivity index (χ3n) is 6.70. The number of rotatable bonds is 5. The van der Waals surface area contributed by atoms with Gasteiger partial charge in [0.15, 0.2) is 0 Å². The number of esters is 1. The van der Waals surface area contributed by atoms with Gasteiger partial charge in [-0.05, 0) is 60.9 Å². The number of nitrogens with zero attached hydrogens (tertiary/aromatic N) is 1. The zero-order chi connectivity index (χ0) is 25.9. The predicted octanol–water partition coefficient (Wildman–Crippen LogP) is 5.91. The van der Waals surface area contributed by atoms with E-state index in [2.05, 4.69) is 10.3 Å². The monoisotopic (exact) mass is 551 g/mol. The molecule has 0 aliphatic carbocycles. The summed E-state index contributed by atoms with van der Waals surface area (Å²) in [4.78, 5) is 43.3. The van der Waals surface area contributed by atoms with Crippen LogP contribution in [-0.2, 0) is 9.53 Å². The van der Waals surface area contributed by atoms with E-state index < -0.39 is 5.97 Å². The van der Waals surface area contributed by atoms with Crippen LogP contribution in [0.4, 0.5) is 11.4 Å². The normalized spacial score (nSPS) is 15.0. The fraction of sp³-hybridized carbons (Fsp3) is 0.207. The number of carbonyl (C=O) groups excluding carboxylic acids is 2. The molecule has 38 heavy (non-hydrogen) atoms. The summed E-state index contributed by atoms with van der Waals surface area (Å²) in [6.45, 7) is 1.06. The molecule has 0 saturated carbocycles. The number of methoxy groups -OCH3 is 1. The fourth-order valence-electron chi connectivity index (χ4n) is 4.90. The number of hydrogen-bond acceptors (Lipinski definition) is 5. The lowest BCUT2D eigenvalue weighted by Crippen LogP contribution is -2.43. The van der Waals surface area contributed by atoms with Crippen molar-refractivity contribution in [3.8, 4) is 11.1 Å². The minimum Gasteiger partial charge on any atom is -0.465 e. The van der Waals surface area contributed by atoms with Crippen molar-refractivity contribution in [3.63, 3.8) is 0 Å². The lowest BCUT2D eigenvalue weighted by atomic mass is 9.93. The van der Waals surface area contributed by atoms with Crippen LogP contribution in [0.3, 0.4) is 0 Å². The van der Waals surface area contributed by atoms with E-state index in [0.29, 0.717) is 47.0 Å². The number of benzene rings is 3. The minimum absolute atomic E-state index is 0. The highest BCUT2D eigenvalue weighted by atomic mass is 35.5. The Kier molecular flexibility index (Phi) is 8.39. The SMILES string of the molecule is COC(=O)c1ccc(NC(=O)C2CCCN(c3c(-c4ccccc4)c4cc(Cl)ccc4[nH]c3=O)C2)cc1.Cl. The van der Waals surface area contributed by atoms with Crippen LogP contribution in [0, 0.1) is 5.92 Å². The van der Waals surface area contributed by atoms with E-state index in [1.807, 2.05) is 47.4 Å². The molecular weight excluding hydrogens is 525 g/mol. The number of carbonyl (C=O) groups is 2. The molecular formula is C29H27Cl2N3O4. The first kappa shape index (κ1) is 27.2. The molecule has 2 heterocycles. The Bertz CT molecular complexity index is 1520. The summed E-state index contributed by atoms with van der Waals surface area (Å²) >= 11 is 6.35. The average molecular weight is 552 g/mol. The molecule has 0 radical (unpaired) electrons. The number of pyridine rings is 1. The van der Waals surface area contributed by atoms with E-state index >= 15 is 0 Å². The molecule has 0 bridgehead atoms. The molecule has 1 aromatic heterocycles. The Morgan fingerprint density at radius 2 is 1.79 bits per heavy atom. The molecule has 4 aromatic rings. The average Bonchev–Trinajstić information content (AvgIpc) is 2.93. The first-order valence-electron chi connectivity index (χ1n) is 12.1. The van der Waals surface area contributed by atoms with Crippen LogP contribution in [0.2, 0.25) is 5.02 Å². The van der Waals surface area contributed by atoms with E-state index in [1.54, 1.807) is 30.3 Å². The lowest BCUT2D eigenvalue weighted by molar-refractivity contribution is -0.120. The summed E-state index contributed by atoms with van der Waals surface area (Å²) in [6, 6.07) is 21.8. The maximum Gasteiger partial charge on any atom is 0.337 e. The number of H-pyrrole nitrogens is 1. The number of piperidine rings is 1. The number of anilines is 2. The molecule has 1 atom stereocenters. The molecule has 7 nitrogen and oxygen atoms in total. The van der Waals surface area contributed by atoms with Crippen LogP contribution in [0.5, 0.6) is 0 Å². The molecule has 3 aromatic carbocycles. The molecule has 9 heteroatoms. The number of hydrogen-bond donors (Lipinski definition) is 2. The van der Waals surface area contributed by atoms with Crippen molar-refractivity contribution in [3.05, 3.63) is 93.7 Å². The van der Waals surface area contributed by atoms with Crippen molar-refractivity contribution in [1.82, 2.24) is 4.98 Å². The topological polar surface area (TPSA) is 91.5 Å². The van der Waals surface area contributed by atoms with Crippen LogP contribution >= 0.6 is 24.0 Å². The van der Waals surface area contributed by atoms with Gasteiger partial charge in [-0.25, -0.2) is 4.79 Å². The molecule has 1 amide bonds. The summed E-state index contributed by atoms with van der Waals surface area (Å²) in [5, 5.41) is 4.38. The van der Waals surface area contributed by atoms with Gasteiger partial charge in [0.25, 0.3) is 5.56 Å². The number of fused-ring (bicyclic) bond motifs is 1. The Hall–Kier alpha value is -3.81. The second kappa shape index (κ2) is 11.7. The molecule has 1 saturated heterocycles. The third kappa shape index (κ3) is 5.54. The summed E-state index contributed by atoms with van der Waals surface area (Å²) in [5.74, 6) is -0.874. The standard InChI is InChI=1S/C29H26ClN3O4.ClH/c1-37-29(36)19-9-12-22(13-10-19)31-27(34)20-8-5-15-33(17-20)26-25(18-6-3-2-4-7-18)23-16-21(30)11-14-24(23)32-28(26)35;/h2-4,6-7,9-14,16,20H,5,8,15,17H2,1H3,(H,31,34)(H,32,35);1H. The summed E-state index contributed by atoms with van der Waals surface area (Å²) < 4.78 is 4.72. The van der Waals surface area contributed by atoms with Crippen LogP contribution in [0.25, 0.3) is 22.0 Å². The molecule has 1 aliphatic rings. The van der Waals surface area contributed by atoms with Crippen molar-refractivity contribution >= 4 is 58.2 Å². The van der Waals surface area contributed by atoms with Crippen molar-refractivity contribution < 1.29 is 14.3 Å². The minimum atomic E-state index is -0.433. The number of ether oxygens (including phenoxy) is 1. The fourth-order valence-corrected chi connectivity index (χ4v) is 5.07. The maximum atomic E-state index is 13.4. The van der Waals surface area contributed by atoms with Crippen molar-refractivity contribution in [2.24, 2.45) is 5.92 Å². The molecule has 1 fully saturated rings. The van der Waals surface area contributed by atoms with Gasteiger partial charge in [0.1, 0.15) is 5.69 Å². The summed E-state index contributed by atoms with van der Waals surface area (Å²) in [6.07, 6.45) is 1.47. The van der Waals surface area contributed by atoms with E-state index in [0.717, 1.165) is 22.9 Å². The Balaban J connectivity index is 0.00000336. The highest BCUT2D eigenvalue weighted by molar-refractivity contribution is 6.31. The predicted molar refractivity (Wildman–Crippen MR) is 154 cm³/mol. The zero-order valence-electron chi connectivity index (χ0n) is 20.7. The maximum absolute atomic E-state index is 13.4. The number of aromatic nitrogens is 1. The van der Waals surface area contributed by atoms with Gasteiger partial charge in [-0.2, -0.15) is 0 Å². The third-order valence-corrected chi connectivity index (χ3v) is 6.93.